The number of aliphatic hydroxyl groups excluding tert-OH is 1. The van der Waals surface area contributed by atoms with Crippen molar-refractivity contribution in [2.75, 3.05) is 34.0 Å². The van der Waals surface area contributed by atoms with E-state index in [1.807, 2.05) is 0 Å². The third-order valence-corrected chi connectivity index (χ3v) is 4.16. The molecule has 0 aromatic heterocycles. The van der Waals surface area contributed by atoms with Gasteiger partial charge in [0.05, 0.1) is 5.60 Å². The Hall–Kier alpha value is -0.200. The second-order valence-electron chi connectivity index (χ2n) is 5.23. The first kappa shape index (κ1) is 14.2. The Balaban J connectivity index is 1.97. The van der Waals surface area contributed by atoms with Crippen molar-refractivity contribution in [3.05, 3.63) is 0 Å². The van der Waals surface area contributed by atoms with Crippen LogP contribution in [-0.4, -0.2) is 57.1 Å². The van der Waals surface area contributed by atoms with Crippen LogP contribution in [0.5, 0.6) is 0 Å². The summed E-state index contributed by atoms with van der Waals surface area (Å²) in [6.07, 6.45) is 2.41. The Morgan fingerprint density at radius 3 is 2.44 bits per heavy atom. The molecule has 2 aliphatic rings. The minimum Gasteiger partial charge on any atom is -0.388 e. The Labute approximate surface area is 108 Å². The number of methoxy groups -OCH3 is 2. The van der Waals surface area contributed by atoms with Crippen molar-refractivity contribution in [1.82, 2.24) is 0 Å². The lowest BCUT2D eigenvalue weighted by Crippen LogP contribution is -2.49. The summed E-state index contributed by atoms with van der Waals surface area (Å²) in [5, 5.41) is 10.3. The fourth-order valence-electron chi connectivity index (χ4n) is 3.05. The number of hydrogen-bond acceptors (Lipinski definition) is 5. The molecule has 0 aliphatic carbocycles. The van der Waals surface area contributed by atoms with Gasteiger partial charge in [-0.2, -0.15) is 0 Å². The zero-order valence-corrected chi connectivity index (χ0v) is 11.3. The molecule has 2 atom stereocenters. The first-order valence-electron chi connectivity index (χ1n) is 6.66. The van der Waals surface area contributed by atoms with E-state index in [1.165, 1.54) is 0 Å². The molecule has 2 unspecified atom stereocenters. The molecular formula is C13H24O5. The van der Waals surface area contributed by atoms with Crippen LogP contribution in [0.2, 0.25) is 0 Å². The van der Waals surface area contributed by atoms with Gasteiger partial charge in [0.15, 0.2) is 6.29 Å². The van der Waals surface area contributed by atoms with Gasteiger partial charge in [-0.3, -0.25) is 0 Å². The minimum absolute atomic E-state index is 0.103. The van der Waals surface area contributed by atoms with Gasteiger partial charge in [0, 0.05) is 34.0 Å². The molecule has 2 rings (SSSR count). The van der Waals surface area contributed by atoms with E-state index < -0.39 is 12.4 Å². The summed E-state index contributed by atoms with van der Waals surface area (Å²) in [5.74, 6) is 0.168. The van der Waals surface area contributed by atoms with Crippen LogP contribution in [0.15, 0.2) is 0 Å². The van der Waals surface area contributed by atoms with E-state index in [2.05, 4.69) is 0 Å². The zero-order valence-electron chi connectivity index (χ0n) is 11.3. The van der Waals surface area contributed by atoms with E-state index in [0.717, 1.165) is 38.9 Å². The first-order chi connectivity index (χ1) is 8.71. The lowest BCUT2D eigenvalue weighted by molar-refractivity contribution is -0.209. The lowest BCUT2D eigenvalue weighted by Gasteiger charge is -2.45. The summed E-state index contributed by atoms with van der Waals surface area (Å²) in [5.41, 5.74) is -0.103. The van der Waals surface area contributed by atoms with Crippen molar-refractivity contribution in [2.24, 2.45) is 5.92 Å². The van der Waals surface area contributed by atoms with Crippen LogP contribution in [0.25, 0.3) is 0 Å². The Bertz CT molecular complexity index is 242. The van der Waals surface area contributed by atoms with E-state index >= 15 is 0 Å². The Kier molecular flexibility index (Phi) is 4.98. The fourth-order valence-corrected chi connectivity index (χ4v) is 3.05. The van der Waals surface area contributed by atoms with Crippen LogP contribution in [0.1, 0.15) is 25.7 Å². The molecule has 18 heavy (non-hydrogen) atoms. The molecule has 2 saturated heterocycles. The van der Waals surface area contributed by atoms with Crippen LogP contribution in [0.3, 0.4) is 0 Å². The molecule has 2 fully saturated rings. The Morgan fingerprint density at radius 2 is 1.83 bits per heavy atom. The predicted octanol–water partition coefficient (Wildman–Crippen LogP) is 0.942. The van der Waals surface area contributed by atoms with Crippen LogP contribution in [0, 0.1) is 5.92 Å². The number of rotatable bonds is 4. The van der Waals surface area contributed by atoms with Gasteiger partial charge in [0.2, 0.25) is 0 Å². The predicted molar refractivity (Wildman–Crippen MR) is 65.3 cm³/mol. The van der Waals surface area contributed by atoms with E-state index in [1.54, 1.807) is 14.2 Å². The van der Waals surface area contributed by atoms with Gasteiger partial charge in [-0.25, -0.2) is 0 Å². The highest BCUT2D eigenvalue weighted by molar-refractivity contribution is 4.91. The molecule has 1 N–H and O–H groups in total. The molecule has 0 radical (unpaired) electrons. The topological polar surface area (TPSA) is 57.2 Å². The molecule has 0 bridgehead atoms. The van der Waals surface area contributed by atoms with Gasteiger partial charge in [-0.1, -0.05) is 0 Å². The van der Waals surface area contributed by atoms with E-state index in [0.29, 0.717) is 6.61 Å². The van der Waals surface area contributed by atoms with E-state index in [4.69, 9.17) is 18.9 Å². The third-order valence-electron chi connectivity index (χ3n) is 4.16. The number of ether oxygens (including phenoxy) is 4. The van der Waals surface area contributed by atoms with Gasteiger partial charge in [0.25, 0.3) is 0 Å². The van der Waals surface area contributed by atoms with Gasteiger partial charge in [-0.15, -0.1) is 0 Å². The van der Waals surface area contributed by atoms with Crippen molar-refractivity contribution in [3.8, 4) is 0 Å². The highest BCUT2D eigenvalue weighted by atomic mass is 16.7. The average molecular weight is 260 g/mol. The van der Waals surface area contributed by atoms with Gasteiger partial charge in [0.1, 0.15) is 6.10 Å². The largest absolute Gasteiger partial charge is 0.388 e. The highest BCUT2D eigenvalue weighted by Gasteiger charge is 2.42. The normalized spacial score (nSPS) is 29.7. The van der Waals surface area contributed by atoms with E-state index in [9.17, 15) is 5.11 Å². The molecule has 0 saturated carbocycles. The standard InChI is InChI=1S/C13H24O5/c1-15-12(16-2)11(14)10-3-6-18-13(9-10)4-7-17-8-5-13/h10-12,14H,3-9H2,1-2H3. The summed E-state index contributed by atoms with van der Waals surface area (Å²) < 4.78 is 21.7. The number of hydrogen-bond donors (Lipinski definition) is 1. The molecule has 0 amide bonds. The maximum absolute atomic E-state index is 10.3. The summed E-state index contributed by atoms with van der Waals surface area (Å²) in [6, 6.07) is 0. The van der Waals surface area contributed by atoms with Crippen LogP contribution in [0.4, 0.5) is 0 Å². The molecule has 5 nitrogen and oxygen atoms in total. The molecule has 106 valence electrons. The highest BCUT2D eigenvalue weighted by Crippen LogP contribution is 2.38. The molecule has 2 aliphatic heterocycles. The van der Waals surface area contributed by atoms with Gasteiger partial charge in [-0.05, 0) is 31.6 Å². The zero-order chi connectivity index (χ0) is 13.0. The molecule has 0 aromatic carbocycles. The third kappa shape index (κ3) is 3.03. The first-order valence-corrected chi connectivity index (χ1v) is 6.66. The molecule has 5 heteroatoms. The van der Waals surface area contributed by atoms with Crippen molar-refractivity contribution in [2.45, 2.75) is 43.7 Å². The average Bonchev–Trinajstić information content (AvgIpc) is 2.41. The van der Waals surface area contributed by atoms with E-state index in [-0.39, 0.29) is 11.5 Å². The van der Waals surface area contributed by atoms with Crippen molar-refractivity contribution < 1.29 is 24.1 Å². The lowest BCUT2D eigenvalue weighted by atomic mass is 9.78. The fraction of sp³-hybridized carbons (Fsp3) is 1.00. The van der Waals surface area contributed by atoms with Crippen LogP contribution >= 0.6 is 0 Å². The van der Waals surface area contributed by atoms with Crippen molar-refractivity contribution in [3.63, 3.8) is 0 Å². The smallest absolute Gasteiger partial charge is 0.182 e. The molecule has 2 heterocycles. The second kappa shape index (κ2) is 6.30. The van der Waals surface area contributed by atoms with Crippen molar-refractivity contribution >= 4 is 0 Å². The summed E-state index contributed by atoms with van der Waals surface area (Å²) in [6.45, 7) is 2.20. The summed E-state index contributed by atoms with van der Waals surface area (Å²) in [4.78, 5) is 0. The quantitative estimate of drug-likeness (QED) is 0.762. The number of aliphatic hydroxyl groups is 1. The van der Waals surface area contributed by atoms with Crippen LogP contribution < -0.4 is 0 Å². The monoisotopic (exact) mass is 260 g/mol. The van der Waals surface area contributed by atoms with Gasteiger partial charge >= 0.3 is 0 Å². The van der Waals surface area contributed by atoms with Gasteiger partial charge < -0.3 is 24.1 Å². The van der Waals surface area contributed by atoms with Crippen LogP contribution in [-0.2, 0) is 18.9 Å². The maximum Gasteiger partial charge on any atom is 0.182 e. The van der Waals surface area contributed by atoms with Crippen molar-refractivity contribution in [1.29, 1.82) is 0 Å². The molecule has 0 aromatic rings. The maximum atomic E-state index is 10.3. The SMILES string of the molecule is COC(OC)C(O)C1CCOC2(CCOCC2)C1. The summed E-state index contributed by atoms with van der Waals surface area (Å²) in [7, 11) is 3.11. The second-order valence-corrected chi connectivity index (χ2v) is 5.23. The molecular weight excluding hydrogens is 236 g/mol. The summed E-state index contributed by atoms with van der Waals surface area (Å²) >= 11 is 0. The Morgan fingerprint density at radius 1 is 1.17 bits per heavy atom. The minimum atomic E-state index is -0.594. The molecule has 1 spiro atoms.